The van der Waals surface area contributed by atoms with Crippen LogP contribution in [0.25, 0.3) is 0 Å². The normalized spacial score (nSPS) is 18.3. The molecule has 2 heterocycles. The molecule has 0 fully saturated rings. The maximum absolute atomic E-state index is 13.2. The fraction of sp³-hybridized carbons (Fsp3) is 0.273. The Labute approximate surface area is 182 Å². The van der Waals surface area contributed by atoms with Crippen molar-refractivity contribution in [1.82, 2.24) is 0 Å². The van der Waals surface area contributed by atoms with Crippen LogP contribution in [-0.4, -0.2) is 39.8 Å². The second kappa shape index (κ2) is 8.02. The van der Waals surface area contributed by atoms with Crippen molar-refractivity contribution in [3.8, 4) is 17.2 Å². The molecule has 1 unspecified atom stereocenters. The molecule has 30 heavy (non-hydrogen) atoms. The lowest BCUT2D eigenvalue weighted by Gasteiger charge is -2.32. The Morgan fingerprint density at radius 1 is 0.967 bits per heavy atom. The van der Waals surface area contributed by atoms with E-state index in [-0.39, 0.29) is 18.9 Å². The average Bonchev–Trinajstić information content (AvgIpc) is 3.14. The number of benzene rings is 2. The van der Waals surface area contributed by atoms with Gasteiger partial charge in [-0.15, -0.1) is 0 Å². The predicted octanol–water partition coefficient (Wildman–Crippen LogP) is 3.81. The Morgan fingerprint density at radius 2 is 1.60 bits per heavy atom. The lowest BCUT2D eigenvalue weighted by atomic mass is 9.83. The van der Waals surface area contributed by atoms with Gasteiger partial charge in [0, 0.05) is 34.1 Å². The van der Waals surface area contributed by atoms with E-state index in [0.29, 0.717) is 39.8 Å². The van der Waals surface area contributed by atoms with Crippen molar-refractivity contribution >= 4 is 33.5 Å². The number of amides is 1. The van der Waals surface area contributed by atoms with Crippen molar-refractivity contribution in [3.63, 3.8) is 0 Å². The second-order valence-electron chi connectivity index (χ2n) is 6.85. The number of hydrogen-bond donors (Lipinski definition) is 0. The third-order valence-corrected chi connectivity index (χ3v) is 5.84. The van der Waals surface area contributed by atoms with Crippen LogP contribution in [0, 0.1) is 0 Å². The van der Waals surface area contributed by atoms with Gasteiger partial charge in [-0.3, -0.25) is 9.69 Å². The number of rotatable bonds is 5. The molecular formula is C22H20BrNO6. The van der Waals surface area contributed by atoms with E-state index in [0.717, 1.165) is 4.47 Å². The van der Waals surface area contributed by atoms with Crippen molar-refractivity contribution in [2.24, 2.45) is 0 Å². The second-order valence-corrected chi connectivity index (χ2v) is 7.76. The zero-order chi connectivity index (χ0) is 21.4. The van der Waals surface area contributed by atoms with Crippen LogP contribution in [0.5, 0.6) is 17.2 Å². The molecule has 0 N–H and O–H groups in total. The molecule has 4 rings (SSSR count). The number of methoxy groups -OCH3 is 3. The highest BCUT2D eigenvalue weighted by molar-refractivity contribution is 9.10. The minimum Gasteiger partial charge on any atom is -0.496 e. The van der Waals surface area contributed by atoms with E-state index in [1.165, 1.54) is 21.3 Å². The number of carbonyl (C=O) groups is 2. The molecule has 2 aliphatic heterocycles. The van der Waals surface area contributed by atoms with E-state index in [2.05, 4.69) is 15.9 Å². The van der Waals surface area contributed by atoms with Gasteiger partial charge in [0.15, 0.2) is 11.5 Å². The summed E-state index contributed by atoms with van der Waals surface area (Å²) in [5.41, 5.74) is 2.38. The fourth-order valence-corrected chi connectivity index (χ4v) is 4.20. The number of anilines is 1. The van der Waals surface area contributed by atoms with Crippen LogP contribution in [0.4, 0.5) is 5.69 Å². The standard InChI is InChI=1S/C22H20BrNO6/c1-27-17-10-19(29-3)18(28-2)8-14(17)15-9-20(25)24(13-6-4-12(23)5-7-13)16-11-30-22(26)21(15)16/h4-8,10,15H,9,11H2,1-3H3. The van der Waals surface area contributed by atoms with Gasteiger partial charge in [-0.2, -0.15) is 0 Å². The van der Waals surface area contributed by atoms with Gasteiger partial charge in [-0.25, -0.2) is 4.79 Å². The summed E-state index contributed by atoms with van der Waals surface area (Å²) in [7, 11) is 4.60. The third-order valence-electron chi connectivity index (χ3n) is 5.31. The van der Waals surface area contributed by atoms with Gasteiger partial charge in [-0.05, 0) is 30.3 Å². The molecule has 1 atom stereocenters. The summed E-state index contributed by atoms with van der Waals surface area (Å²) in [5.74, 6) is 0.431. The molecule has 0 radical (unpaired) electrons. The van der Waals surface area contributed by atoms with E-state index in [9.17, 15) is 9.59 Å². The topological polar surface area (TPSA) is 74.3 Å². The Bertz CT molecular complexity index is 1050. The van der Waals surface area contributed by atoms with E-state index in [1.807, 2.05) is 24.3 Å². The molecule has 1 amide bonds. The molecule has 0 saturated heterocycles. The molecule has 0 aromatic heterocycles. The summed E-state index contributed by atoms with van der Waals surface area (Å²) in [4.78, 5) is 27.5. The van der Waals surface area contributed by atoms with Gasteiger partial charge in [-0.1, -0.05) is 15.9 Å². The van der Waals surface area contributed by atoms with Crippen LogP contribution in [0.15, 0.2) is 52.1 Å². The first-order valence-electron chi connectivity index (χ1n) is 9.27. The Morgan fingerprint density at radius 3 is 2.23 bits per heavy atom. The molecule has 2 aromatic carbocycles. The van der Waals surface area contributed by atoms with E-state index in [1.54, 1.807) is 17.0 Å². The zero-order valence-corrected chi connectivity index (χ0v) is 18.3. The summed E-state index contributed by atoms with van der Waals surface area (Å²) in [5, 5.41) is 0. The molecule has 7 nitrogen and oxygen atoms in total. The Balaban J connectivity index is 1.86. The lowest BCUT2D eigenvalue weighted by Crippen LogP contribution is -2.37. The molecule has 156 valence electrons. The zero-order valence-electron chi connectivity index (χ0n) is 16.7. The highest BCUT2D eigenvalue weighted by Crippen LogP contribution is 2.47. The minimum absolute atomic E-state index is 0.0437. The number of carbonyl (C=O) groups excluding carboxylic acids is 2. The van der Waals surface area contributed by atoms with Crippen LogP contribution < -0.4 is 19.1 Å². The quantitative estimate of drug-likeness (QED) is 0.614. The monoisotopic (exact) mass is 473 g/mol. The van der Waals surface area contributed by atoms with Crippen LogP contribution in [0.3, 0.4) is 0 Å². The van der Waals surface area contributed by atoms with Crippen molar-refractivity contribution in [3.05, 3.63) is 57.7 Å². The third kappa shape index (κ3) is 3.31. The molecular weight excluding hydrogens is 454 g/mol. The summed E-state index contributed by atoms with van der Waals surface area (Å²) in [6, 6.07) is 10.8. The van der Waals surface area contributed by atoms with Crippen LogP contribution in [-0.2, 0) is 14.3 Å². The van der Waals surface area contributed by atoms with Gasteiger partial charge in [0.25, 0.3) is 0 Å². The van der Waals surface area contributed by atoms with Crippen LogP contribution in [0.2, 0.25) is 0 Å². The van der Waals surface area contributed by atoms with Crippen molar-refractivity contribution < 1.29 is 28.5 Å². The average molecular weight is 474 g/mol. The molecule has 2 aromatic rings. The van der Waals surface area contributed by atoms with Gasteiger partial charge in [0.1, 0.15) is 12.4 Å². The number of esters is 1. The van der Waals surface area contributed by atoms with E-state index in [4.69, 9.17) is 18.9 Å². The minimum atomic E-state index is -0.510. The highest BCUT2D eigenvalue weighted by atomic mass is 79.9. The van der Waals surface area contributed by atoms with Crippen LogP contribution >= 0.6 is 15.9 Å². The molecule has 2 aliphatic rings. The summed E-state index contributed by atoms with van der Waals surface area (Å²) in [6.07, 6.45) is 0.0931. The molecule has 0 saturated carbocycles. The highest BCUT2D eigenvalue weighted by Gasteiger charge is 2.44. The fourth-order valence-electron chi connectivity index (χ4n) is 3.93. The molecule has 0 aliphatic carbocycles. The van der Waals surface area contributed by atoms with Crippen molar-refractivity contribution in [1.29, 1.82) is 0 Å². The summed E-state index contributed by atoms with van der Waals surface area (Å²) in [6.45, 7) is 0.0437. The summed E-state index contributed by atoms with van der Waals surface area (Å²) < 4.78 is 22.5. The number of hydrogen-bond acceptors (Lipinski definition) is 6. The smallest absolute Gasteiger partial charge is 0.336 e. The van der Waals surface area contributed by atoms with Crippen LogP contribution in [0.1, 0.15) is 17.9 Å². The Hall–Kier alpha value is -3.00. The number of nitrogens with zero attached hydrogens (tertiary/aromatic N) is 1. The predicted molar refractivity (Wildman–Crippen MR) is 113 cm³/mol. The molecule has 8 heteroatoms. The molecule has 0 spiro atoms. The molecule has 0 bridgehead atoms. The van der Waals surface area contributed by atoms with Gasteiger partial charge in [0.05, 0.1) is 32.6 Å². The SMILES string of the molecule is COc1cc(OC)c(C2CC(=O)N(c3ccc(Br)cc3)C3=C2C(=O)OC3)cc1OC. The van der Waals surface area contributed by atoms with Gasteiger partial charge < -0.3 is 18.9 Å². The largest absolute Gasteiger partial charge is 0.496 e. The van der Waals surface area contributed by atoms with E-state index >= 15 is 0 Å². The first-order valence-corrected chi connectivity index (χ1v) is 10.1. The Kier molecular flexibility index (Phi) is 5.42. The maximum Gasteiger partial charge on any atom is 0.336 e. The maximum atomic E-state index is 13.2. The first-order chi connectivity index (χ1) is 14.5. The van der Waals surface area contributed by atoms with Gasteiger partial charge >= 0.3 is 5.97 Å². The first kappa shape index (κ1) is 20.3. The number of ether oxygens (including phenoxy) is 4. The lowest BCUT2D eigenvalue weighted by molar-refractivity contribution is -0.136. The number of halogens is 1. The number of cyclic esters (lactones) is 1. The summed E-state index contributed by atoms with van der Waals surface area (Å²) >= 11 is 3.40. The van der Waals surface area contributed by atoms with Gasteiger partial charge in [0.2, 0.25) is 5.91 Å². The van der Waals surface area contributed by atoms with Crippen molar-refractivity contribution in [2.75, 3.05) is 32.8 Å². The van der Waals surface area contributed by atoms with Crippen molar-refractivity contribution in [2.45, 2.75) is 12.3 Å². The van der Waals surface area contributed by atoms with E-state index < -0.39 is 11.9 Å².